The van der Waals surface area contributed by atoms with Crippen molar-refractivity contribution in [2.45, 2.75) is 6.04 Å². The Morgan fingerprint density at radius 3 is 3.30 bits per heavy atom. The molecule has 2 atom stereocenters. The Hall–Kier alpha value is -0.960. The Morgan fingerprint density at radius 1 is 1.40 bits per heavy atom. The minimum Gasteiger partial charge on any atom is -0.291 e. The SMILES string of the molecule is C1=CC2NCN=CC2C=N1. The molecule has 0 saturated heterocycles. The van der Waals surface area contributed by atoms with Gasteiger partial charge in [-0.2, -0.15) is 0 Å². The van der Waals surface area contributed by atoms with Gasteiger partial charge < -0.3 is 0 Å². The quantitative estimate of drug-likeness (QED) is 0.506. The zero-order valence-electron chi connectivity index (χ0n) is 5.57. The van der Waals surface area contributed by atoms with E-state index in [-0.39, 0.29) is 0 Å². The molecule has 2 rings (SSSR count). The molecule has 0 aromatic rings. The van der Waals surface area contributed by atoms with Crippen molar-refractivity contribution >= 4 is 12.4 Å². The fourth-order valence-corrected chi connectivity index (χ4v) is 1.18. The second-order valence-electron chi connectivity index (χ2n) is 2.44. The molecule has 0 amide bonds. The number of hydrogen-bond donors (Lipinski definition) is 1. The lowest BCUT2D eigenvalue weighted by Crippen LogP contribution is -2.40. The van der Waals surface area contributed by atoms with E-state index in [1.807, 2.05) is 18.6 Å². The lowest BCUT2D eigenvalue weighted by atomic mass is 10.00. The molecule has 2 aliphatic heterocycles. The number of hydrogen-bond acceptors (Lipinski definition) is 3. The monoisotopic (exact) mass is 135 g/mol. The van der Waals surface area contributed by atoms with Crippen molar-refractivity contribution < 1.29 is 0 Å². The first-order valence-electron chi connectivity index (χ1n) is 3.40. The van der Waals surface area contributed by atoms with Gasteiger partial charge in [-0.15, -0.1) is 0 Å². The van der Waals surface area contributed by atoms with Crippen molar-refractivity contribution in [3.63, 3.8) is 0 Å². The summed E-state index contributed by atoms with van der Waals surface area (Å²) in [5.41, 5.74) is 0. The fraction of sp³-hybridized carbons (Fsp3) is 0.429. The fourth-order valence-electron chi connectivity index (χ4n) is 1.18. The summed E-state index contributed by atoms with van der Waals surface area (Å²) in [4.78, 5) is 8.12. The molecule has 0 radical (unpaired) electrons. The predicted molar refractivity (Wildman–Crippen MR) is 41.4 cm³/mol. The summed E-state index contributed by atoms with van der Waals surface area (Å²) in [6.07, 6.45) is 7.76. The molecule has 0 bridgehead atoms. The first-order valence-corrected chi connectivity index (χ1v) is 3.40. The van der Waals surface area contributed by atoms with Gasteiger partial charge in [0.1, 0.15) is 0 Å². The molecule has 2 heterocycles. The van der Waals surface area contributed by atoms with Crippen LogP contribution in [0.25, 0.3) is 0 Å². The van der Waals surface area contributed by atoms with Crippen LogP contribution >= 0.6 is 0 Å². The van der Waals surface area contributed by atoms with E-state index in [0.29, 0.717) is 12.0 Å². The van der Waals surface area contributed by atoms with Gasteiger partial charge in [0.25, 0.3) is 0 Å². The van der Waals surface area contributed by atoms with Crippen LogP contribution < -0.4 is 5.32 Å². The molecule has 10 heavy (non-hydrogen) atoms. The van der Waals surface area contributed by atoms with Gasteiger partial charge in [-0.3, -0.25) is 15.3 Å². The van der Waals surface area contributed by atoms with Crippen LogP contribution in [0.15, 0.2) is 22.3 Å². The average molecular weight is 135 g/mol. The number of rotatable bonds is 0. The lowest BCUT2D eigenvalue weighted by Gasteiger charge is -2.23. The molecule has 52 valence electrons. The van der Waals surface area contributed by atoms with Gasteiger partial charge >= 0.3 is 0 Å². The van der Waals surface area contributed by atoms with Crippen LogP contribution in [-0.2, 0) is 0 Å². The van der Waals surface area contributed by atoms with E-state index in [9.17, 15) is 0 Å². The van der Waals surface area contributed by atoms with E-state index < -0.39 is 0 Å². The van der Waals surface area contributed by atoms with E-state index in [2.05, 4.69) is 21.4 Å². The number of nitrogens with one attached hydrogen (secondary N) is 1. The molecule has 2 unspecified atom stereocenters. The maximum Gasteiger partial charge on any atom is 0.0885 e. The molecule has 3 nitrogen and oxygen atoms in total. The van der Waals surface area contributed by atoms with Crippen molar-refractivity contribution in [2.75, 3.05) is 6.67 Å². The zero-order chi connectivity index (χ0) is 6.81. The minimum absolute atomic E-state index is 0.374. The lowest BCUT2D eigenvalue weighted by molar-refractivity contribution is 0.556. The Balaban J connectivity index is 2.21. The van der Waals surface area contributed by atoms with E-state index in [4.69, 9.17) is 0 Å². The standard InChI is InChI=1S/C7H9N3/c1-2-8-3-6-4-9-5-10-7(1)6/h1-4,6-7,10H,5H2. The first kappa shape index (κ1) is 5.80. The number of fused-ring (bicyclic) bond motifs is 1. The highest BCUT2D eigenvalue weighted by Gasteiger charge is 2.18. The molecule has 0 aromatic carbocycles. The maximum atomic E-state index is 4.10. The van der Waals surface area contributed by atoms with Gasteiger partial charge in [-0.1, -0.05) is 0 Å². The Bertz CT molecular complexity index is 205. The molecule has 1 N–H and O–H groups in total. The molecule has 0 aromatic heterocycles. The summed E-state index contributed by atoms with van der Waals surface area (Å²) >= 11 is 0. The Morgan fingerprint density at radius 2 is 2.40 bits per heavy atom. The van der Waals surface area contributed by atoms with E-state index in [1.54, 1.807) is 0 Å². The van der Waals surface area contributed by atoms with Crippen molar-refractivity contribution in [1.82, 2.24) is 5.32 Å². The highest BCUT2D eigenvalue weighted by Crippen LogP contribution is 2.08. The molecule has 0 fully saturated rings. The largest absolute Gasteiger partial charge is 0.291 e. The highest BCUT2D eigenvalue weighted by molar-refractivity contribution is 5.86. The van der Waals surface area contributed by atoms with Gasteiger partial charge in [0, 0.05) is 30.6 Å². The third kappa shape index (κ3) is 0.885. The topological polar surface area (TPSA) is 36.8 Å². The molecule has 3 heteroatoms. The molecule has 0 aliphatic carbocycles. The molecule has 0 saturated carbocycles. The second kappa shape index (κ2) is 2.34. The van der Waals surface area contributed by atoms with Crippen molar-refractivity contribution in [2.24, 2.45) is 15.9 Å². The molecule has 2 aliphatic rings. The smallest absolute Gasteiger partial charge is 0.0885 e. The molecular formula is C7H9N3. The summed E-state index contributed by atoms with van der Waals surface area (Å²) in [5, 5.41) is 3.25. The van der Waals surface area contributed by atoms with E-state index >= 15 is 0 Å². The van der Waals surface area contributed by atoms with Gasteiger partial charge in [0.2, 0.25) is 0 Å². The summed E-state index contributed by atoms with van der Waals surface area (Å²) in [7, 11) is 0. The van der Waals surface area contributed by atoms with E-state index in [1.165, 1.54) is 0 Å². The maximum absolute atomic E-state index is 4.10. The summed E-state index contributed by atoms with van der Waals surface area (Å²) in [6.45, 7) is 0.735. The molecule has 0 spiro atoms. The van der Waals surface area contributed by atoms with Crippen LogP contribution in [0.1, 0.15) is 0 Å². The van der Waals surface area contributed by atoms with Crippen LogP contribution in [0.5, 0.6) is 0 Å². The first-order chi connectivity index (χ1) is 4.97. The normalized spacial score (nSPS) is 36.0. The van der Waals surface area contributed by atoms with Crippen molar-refractivity contribution in [1.29, 1.82) is 0 Å². The summed E-state index contributed by atoms with van der Waals surface area (Å²) < 4.78 is 0. The number of aliphatic imine (C=N–C) groups is 2. The number of nitrogens with zero attached hydrogens (tertiary/aromatic N) is 2. The van der Waals surface area contributed by atoms with Crippen LogP contribution in [0, 0.1) is 5.92 Å². The summed E-state index contributed by atoms with van der Waals surface area (Å²) in [5.74, 6) is 0.374. The van der Waals surface area contributed by atoms with Crippen LogP contribution in [-0.4, -0.2) is 25.1 Å². The van der Waals surface area contributed by atoms with Gasteiger partial charge in [0.05, 0.1) is 6.67 Å². The van der Waals surface area contributed by atoms with Gasteiger partial charge in [-0.05, 0) is 6.08 Å². The van der Waals surface area contributed by atoms with Crippen LogP contribution in [0.3, 0.4) is 0 Å². The third-order valence-electron chi connectivity index (χ3n) is 1.75. The molecular weight excluding hydrogens is 126 g/mol. The average Bonchev–Trinajstić information content (AvgIpc) is 2.05. The Kier molecular flexibility index (Phi) is 1.36. The van der Waals surface area contributed by atoms with Crippen LogP contribution in [0.4, 0.5) is 0 Å². The van der Waals surface area contributed by atoms with Crippen molar-refractivity contribution in [3.05, 3.63) is 12.3 Å². The minimum atomic E-state index is 0.374. The zero-order valence-corrected chi connectivity index (χ0v) is 5.57. The van der Waals surface area contributed by atoms with Gasteiger partial charge in [-0.25, -0.2) is 0 Å². The van der Waals surface area contributed by atoms with Crippen LogP contribution in [0.2, 0.25) is 0 Å². The second-order valence-corrected chi connectivity index (χ2v) is 2.44. The predicted octanol–water partition coefficient (Wildman–Crippen LogP) is 0.201. The van der Waals surface area contributed by atoms with E-state index in [0.717, 1.165) is 6.67 Å². The Labute approximate surface area is 59.6 Å². The van der Waals surface area contributed by atoms with Gasteiger partial charge in [0.15, 0.2) is 0 Å². The third-order valence-corrected chi connectivity index (χ3v) is 1.75. The highest BCUT2D eigenvalue weighted by atomic mass is 15.1. The summed E-state index contributed by atoms with van der Waals surface area (Å²) in [6, 6.07) is 0.426. The van der Waals surface area contributed by atoms with Crippen molar-refractivity contribution in [3.8, 4) is 0 Å².